The van der Waals surface area contributed by atoms with Crippen molar-refractivity contribution >= 4 is 5.91 Å². The van der Waals surface area contributed by atoms with Crippen molar-refractivity contribution in [2.24, 2.45) is 5.41 Å². The van der Waals surface area contributed by atoms with Crippen molar-refractivity contribution in [3.8, 4) is 6.07 Å². The van der Waals surface area contributed by atoms with Crippen LogP contribution in [0.3, 0.4) is 0 Å². The molecular weight excluding hydrogens is 290 g/mol. The molecule has 0 aromatic heterocycles. The van der Waals surface area contributed by atoms with Gasteiger partial charge in [0, 0.05) is 6.04 Å². The number of nitrogens with zero attached hydrogens (tertiary/aromatic N) is 2. The highest BCUT2D eigenvalue weighted by Crippen LogP contribution is 2.49. The molecule has 1 amide bonds. The number of carbonyl (C=O) groups excluding carboxylic acids is 1. The van der Waals surface area contributed by atoms with Crippen LogP contribution in [0.4, 0.5) is 0 Å². The Kier molecular flexibility index (Phi) is 5.08. The van der Waals surface area contributed by atoms with Crippen LogP contribution >= 0.6 is 0 Å². The monoisotopic (exact) mass is 315 g/mol. The van der Waals surface area contributed by atoms with E-state index in [2.05, 4.69) is 11.4 Å². The Labute approximate surface area is 137 Å². The lowest BCUT2D eigenvalue weighted by molar-refractivity contribution is -0.139. The molecule has 1 aromatic carbocycles. The zero-order valence-corrected chi connectivity index (χ0v) is 14.2. The Hall–Kier alpha value is -1.90. The van der Waals surface area contributed by atoms with E-state index in [0.717, 1.165) is 5.56 Å². The minimum Gasteiger partial charge on any atom is -0.391 e. The molecule has 1 saturated heterocycles. The number of amides is 1. The van der Waals surface area contributed by atoms with Gasteiger partial charge in [0.05, 0.1) is 23.6 Å². The zero-order valence-electron chi connectivity index (χ0n) is 14.2. The first-order valence-corrected chi connectivity index (χ1v) is 7.99. The summed E-state index contributed by atoms with van der Waals surface area (Å²) in [5.74, 6) is -0.164. The maximum absolute atomic E-state index is 13.0. The number of likely N-dealkylation sites (tertiary alicyclic amines) is 1. The van der Waals surface area contributed by atoms with Crippen molar-refractivity contribution in [3.05, 3.63) is 35.9 Å². The minimum absolute atomic E-state index is 0.0630. The van der Waals surface area contributed by atoms with E-state index in [0.29, 0.717) is 6.42 Å². The number of rotatable bonds is 4. The number of hydrogen-bond donors (Lipinski definition) is 2. The molecule has 5 atom stereocenters. The molecule has 0 spiro atoms. The summed E-state index contributed by atoms with van der Waals surface area (Å²) >= 11 is 0. The van der Waals surface area contributed by atoms with Gasteiger partial charge in [-0.05, 0) is 39.8 Å². The lowest BCUT2D eigenvalue weighted by Crippen LogP contribution is -2.52. The standard InChI is InChI=1S/C18H25N3O2/c1-12-10-18(3,11-19)16(14-8-6-5-7-9-14)21(12)17(23)15(20-4)13(2)22/h5-9,12-13,15-16,20,22H,10H2,1-4H3. The molecule has 1 aliphatic rings. The maximum Gasteiger partial charge on any atom is 0.243 e. The molecule has 5 nitrogen and oxygen atoms in total. The molecule has 0 bridgehead atoms. The van der Waals surface area contributed by atoms with Crippen molar-refractivity contribution in [2.75, 3.05) is 7.05 Å². The van der Waals surface area contributed by atoms with Crippen LogP contribution in [-0.2, 0) is 4.79 Å². The average Bonchev–Trinajstić information content (AvgIpc) is 2.79. The van der Waals surface area contributed by atoms with Gasteiger partial charge in [-0.2, -0.15) is 5.26 Å². The number of nitriles is 1. The van der Waals surface area contributed by atoms with Crippen LogP contribution in [0.5, 0.6) is 0 Å². The molecule has 124 valence electrons. The molecule has 5 heteroatoms. The van der Waals surface area contributed by atoms with Crippen molar-refractivity contribution in [1.82, 2.24) is 10.2 Å². The van der Waals surface area contributed by atoms with E-state index < -0.39 is 17.6 Å². The molecule has 0 saturated carbocycles. The van der Waals surface area contributed by atoms with Crippen molar-refractivity contribution < 1.29 is 9.90 Å². The van der Waals surface area contributed by atoms with E-state index in [-0.39, 0.29) is 18.0 Å². The fraction of sp³-hybridized carbons (Fsp3) is 0.556. The lowest BCUT2D eigenvalue weighted by atomic mass is 9.79. The third kappa shape index (κ3) is 3.10. The fourth-order valence-electron chi connectivity index (χ4n) is 3.73. The van der Waals surface area contributed by atoms with Gasteiger partial charge < -0.3 is 15.3 Å². The molecule has 1 aromatic rings. The van der Waals surface area contributed by atoms with Crippen LogP contribution in [0.2, 0.25) is 0 Å². The highest BCUT2D eigenvalue weighted by Gasteiger charge is 2.52. The molecule has 1 aliphatic heterocycles. The van der Waals surface area contributed by atoms with E-state index in [1.165, 1.54) is 0 Å². The van der Waals surface area contributed by atoms with Gasteiger partial charge in [-0.25, -0.2) is 0 Å². The van der Waals surface area contributed by atoms with Gasteiger partial charge in [0.2, 0.25) is 5.91 Å². The second-order valence-corrected chi connectivity index (χ2v) is 6.65. The fourth-order valence-corrected chi connectivity index (χ4v) is 3.73. The molecule has 23 heavy (non-hydrogen) atoms. The van der Waals surface area contributed by atoms with Gasteiger partial charge in [-0.3, -0.25) is 4.79 Å². The van der Waals surface area contributed by atoms with E-state index in [4.69, 9.17) is 0 Å². The predicted octanol–water partition coefficient (Wildman–Crippen LogP) is 1.85. The van der Waals surface area contributed by atoms with Gasteiger partial charge in [0.1, 0.15) is 6.04 Å². The van der Waals surface area contributed by atoms with E-state index in [1.54, 1.807) is 18.9 Å². The van der Waals surface area contributed by atoms with Gasteiger partial charge >= 0.3 is 0 Å². The molecule has 1 fully saturated rings. The second-order valence-electron chi connectivity index (χ2n) is 6.65. The first kappa shape index (κ1) is 17.5. The first-order valence-electron chi connectivity index (χ1n) is 7.99. The molecular formula is C18H25N3O2. The maximum atomic E-state index is 13.0. The summed E-state index contributed by atoms with van der Waals surface area (Å²) in [4.78, 5) is 14.8. The van der Waals surface area contributed by atoms with Crippen LogP contribution in [0, 0.1) is 16.7 Å². The highest BCUT2D eigenvalue weighted by atomic mass is 16.3. The average molecular weight is 315 g/mol. The Morgan fingerprint density at radius 3 is 2.57 bits per heavy atom. The first-order chi connectivity index (χ1) is 10.9. The minimum atomic E-state index is -0.801. The topological polar surface area (TPSA) is 76.4 Å². The quantitative estimate of drug-likeness (QED) is 0.889. The van der Waals surface area contributed by atoms with Crippen LogP contribution in [0.25, 0.3) is 0 Å². The number of likely N-dealkylation sites (N-methyl/N-ethyl adjacent to an activating group) is 1. The molecule has 5 unspecified atom stereocenters. The summed E-state index contributed by atoms with van der Waals surface area (Å²) in [6, 6.07) is 11.0. The second kappa shape index (κ2) is 6.69. The Bertz CT molecular complexity index is 596. The third-order valence-electron chi connectivity index (χ3n) is 4.76. The Morgan fingerprint density at radius 1 is 1.48 bits per heavy atom. The molecule has 1 heterocycles. The largest absolute Gasteiger partial charge is 0.391 e. The number of nitrogens with one attached hydrogen (secondary N) is 1. The summed E-state index contributed by atoms with van der Waals surface area (Å²) < 4.78 is 0. The number of aliphatic hydroxyl groups is 1. The Balaban J connectivity index is 2.47. The number of hydrogen-bond acceptors (Lipinski definition) is 4. The van der Waals surface area contributed by atoms with Crippen LogP contribution in [-0.4, -0.2) is 41.1 Å². The summed E-state index contributed by atoms with van der Waals surface area (Å²) in [6.07, 6.45) is -0.185. The molecule has 2 N–H and O–H groups in total. The predicted molar refractivity (Wildman–Crippen MR) is 88.4 cm³/mol. The van der Waals surface area contributed by atoms with Gasteiger partial charge in [-0.15, -0.1) is 0 Å². The number of carbonyl (C=O) groups is 1. The van der Waals surface area contributed by atoms with E-state index >= 15 is 0 Å². The van der Waals surface area contributed by atoms with Crippen LogP contribution in [0.15, 0.2) is 30.3 Å². The van der Waals surface area contributed by atoms with Crippen molar-refractivity contribution in [2.45, 2.75) is 51.4 Å². The van der Waals surface area contributed by atoms with Gasteiger partial charge in [-0.1, -0.05) is 30.3 Å². The normalized spacial score (nSPS) is 29.8. The number of aliphatic hydroxyl groups excluding tert-OH is 1. The molecule has 0 aliphatic carbocycles. The summed E-state index contributed by atoms with van der Waals surface area (Å²) in [5.41, 5.74) is 0.308. The number of benzene rings is 1. The van der Waals surface area contributed by atoms with Gasteiger partial charge in [0.15, 0.2) is 0 Å². The van der Waals surface area contributed by atoms with E-state index in [9.17, 15) is 15.2 Å². The third-order valence-corrected chi connectivity index (χ3v) is 4.76. The molecule has 2 rings (SSSR count). The SMILES string of the molecule is CNC(C(=O)N1C(C)CC(C)(C#N)C1c1ccccc1)C(C)O. The van der Waals surface area contributed by atoms with Crippen LogP contribution < -0.4 is 5.32 Å². The highest BCUT2D eigenvalue weighted by molar-refractivity contribution is 5.84. The summed E-state index contributed by atoms with van der Waals surface area (Å²) in [5, 5.41) is 22.5. The van der Waals surface area contributed by atoms with Crippen molar-refractivity contribution in [1.29, 1.82) is 5.26 Å². The summed E-state index contributed by atoms with van der Waals surface area (Å²) in [6.45, 7) is 5.47. The Morgan fingerprint density at radius 2 is 2.09 bits per heavy atom. The zero-order chi connectivity index (χ0) is 17.2. The van der Waals surface area contributed by atoms with E-state index in [1.807, 2.05) is 44.2 Å². The van der Waals surface area contributed by atoms with Crippen LogP contribution in [0.1, 0.15) is 38.8 Å². The summed E-state index contributed by atoms with van der Waals surface area (Å²) in [7, 11) is 1.66. The lowest BCUT2D eigenvalue weighted by Gasteiger charge is -2.35. The van der Waals surface area contributed by atoms with Crippen molar-refractivity contribution in [3.63, 3.8) is 0 Å². The smallest absolute Gasteiger partial charge is 0.243 e. The molecule has 0 radical (unpaired) electrons. The van der Waals surface area contributed by atoms with Gasteiger partial charge in [0.25, 0.3) is 0 Å².